The van der Waals surface area contributed by atoms with Crippen LogP contribution in [0.25, 0.3) is 0 Å². The molecule has 3 N–H and O–H groups in total. The van der Waals surface area contributed by atoms with Crippen molar-refractivity contribution >= 4 is 11.8 Å². The van der Waals surface area contributed by atoms with E-state index in [1.807, 2.05) is 61.5 Å². The molecule has 2 aromatic carbocycles. The van der Waals surface area contributed by atoms with E-state index < -0.39 is 6.04 Å². The number of H-pyrrole nitrogens is 1. The smallest absolute Gasteiger partial charge is 0.251 e. The first-order valence-corrected chi connectivity index (χ1v) is 10.4. The van der Waals surface area contributed by atoms with Crippen LogP contribution in [0.4, 0.5) is 0 Å². The summed E-state index contributed by atoms with van der Waals surface area (Å²) in [6, 6.07) is 16.6. The summed E-state index contributed by atoms with van der Waals surface area (Å²) in [5.74, 6) is 0.784. The minimum atomic E-state index is -0.459. The van der Waals surface area contributed by atoms with Crippen LogP contribution in [0.2, 0.25) is 0 Å². The Bertz CT molecular complexity index is 1020. The number of benzene rings is 2. The topological polar surface area (TPSA) is 99.8 Å². The summed E-state index contributed by atoms with van der Waals surface area (Å²) in [6.45, 7) is 8.43. The SMILES string of the molecule is Cc1nc(C(NC(=O)CCNC(=O)c2ccc(C(C)(C)C)cc2)c2ccccc2)n[nH]1. The molecule has 0 aliphatic heterocycles. The Morgan fingerprint density at radius 3 is 2.29 bits per heavy atom. The molecule has 1 heterocycles. The molecule has 1 unspecified atom stereocenters. The third kappa shape index (κ3) is 6.01. The molecular formula is C24H29N5O2. The summed E-state index contributed by atoms with van der Waals surface area (Å²) < 4.78 is 0. The van der Waals surface area contributed by atoms with Crippen LogP contribution < -0.4 is 10.6 Å². The second-order valence-electron chi connectivity index (χ2n) is 8.52. The highest BCUT2D eigenvalue weighted by atomic mass is 16.2. The predicted octanol–water partition coefficient (Wildman–Crippen LogP) is 3.44. The lowest BCUT2D eigenvalue weighted by Crippen LogP contribution is -2.33. The maximum Gasteiger partial charge on any atom is 0.251 e. The molecule has 0 radical (unpaired) electrons. The molecule has 0 fully saturated rings. The summed E-state index contributed by atoms with van der Waals surface area (Å²) in [4.78, 5) is 29.3. The number of rotatable bonds is 7. The highest BCUT2D eigenvalue weighted by molar-refractivity contribution is 5.94. The van der Waals surface area contributed by atoms with Crippen LogP contribution in [0.5, 0.6) is 0 Å². The van der Waals surface area contributed by atoms with Crippen molar-refractivity contribution in [2.75, 3.05) is 6.54 Å². The first-order valence-electron chi connectivity index (χ1n) is 10.4. The third-order valence-electron chi connectivity index (χ3n) is 4.96. The molecule has 1 atom stereocenters. The zero-order valence-corrected chi connectivity index (χ0v) is 18.4. The number of hydrogen-bond donors (Lipinski definition) is 3. The van der Waals surface area contributed by atoms with Gasteiger partial charge in [0.05, 0.1) is 0 Å². The molecule has 7 nitrogen and oxygen atoms in total. The number of aryl methyl sites for hydroxylation is 1. The molecule has 0 bridgehead atoms. The van der Waals surface area contributed by atoms with Crippen molar-refractivity contribution in [2.24, 2.45) is 0 Å². The van der Waals surface area contributed by atoms with Gasteiger partial charge < -0.3 is 10.6 Å². The van der Waals surface area contributed by atoms with Gasteiger partial charge in [0, 0.05) is 18.5 Å². The Hall–Kier alpha value is -3.48. The van der Waals surface area contributed by atoms with Crippen molar-refractivity contribution in [2.45, 2.75) is 45.6 Å². The van der Waals surface area contributed by atoms with Gasteiger partial charge >= 0.3 is 0 Å². The van der Waals surface area contributed by atoms with Crippen molar-refractivity contribution in [1.82, 2.24) is 25.8 Å². The largest absolute Gasteiger partial charge is 0.352 e. The van der Waals surface area contributed by atoms with Gasteiger partial charge in [-0.3, -0.25) is 14.7 Å². The van der Waals surface area contributed by atoms with E-state index >= 15 is 0 Å². The number of carbonyl (C=O) groups is 2. The Labute approximate surface area is 182 Å². The minimum absolute atomic E-state index is 0.0319. The number of aromatic nitrogens is 3. The van der Waals surface area contributed by atoms with E-state index in [9.17, 15) is 9.59 Å². The molecule has 162 valence electrons. The molecule has 31 heavy (non-hydrogen) atoms. The predicted molar refractivity (Wildman–Crippen MR) is 120 cm³/mol. The molecule has 0 saturated heterocycles. The van der Waals surface area contributed by atoms with Gasteiger partial charge in [-0.05, 0) is 35.6 Å². The van der Waals surface area contributed by atoms with Gasteiger partial charge in [-0.1, -0.05) is 63.2 Å². The lowest BCUT2D eigenvalue weighted by atomic mass is 9.87. The highest BCUT2D eigenvalue weighted by Gasteiger charge is 2.21. The van der Waals surface area contributed by atoms with Crippen molar-refractivity contribution in [3.8, 4) is 0 Å². The van der Waals surface area contributed by atoms with E-state index in [0.29, 0.717) is 17.2 Å². The molecule has 2 amide bonds. The fraction of sp³-hybridized carbons (Fsp3) is 0.333. The standard InChI is InChI=1S/C24H29N5O2/c1-16-26-22(29-28-16)21(17-8-6-5-7-9-17)27-20(30)14-15-25-23(31)18-10-12-19(13-11-18)24(2,3)4/h5-13,21H,14-15H2,1-4H3,(H,25,31)(H,27,30)(H,26,28,29). The van der Waals surface area contributed by atoms with Gasteiger partial charge in [-0.25, -0.2) is 4.98 Å². The Morgan fingerprint density at radius 2 is 1.71 bits per heavy atom. The quantitative estimate of drug-likeness (QED) is 0.546. The number of amides is 2. The second-order valence-corrected chi connectivity index (χ2v) is 8.52. The van der Waals surface area contributed by atoms with Crippen molar-refractivity contribution in [3.63, 3.8) is 0 Å². The first-order chi connectivity index (χ1) is 14.7. The maximum atomic E-state index is 12.6. The lowest BCUT2D eigenvalue weighted by Gasteiger charge is -2.19. The molecule has 0 aliphatic carbocycles. The number of nitrogens with zero attached hydrogens (tertiary/aromatic N) is 2. The molecule has 0 saturated carbocycles. The van der Waals surface area contributed by atoms with Gasteiger partial charge in [-0.15, -0.1) is 0 Å². The fourth-order valence-electron chi connectivity index (χ4n) is 3.18. The van der Waals surface area contributed by atoms with Gasteiger partial charge in [0.1, 0.15) is 11.9 Å². The van der Waals surface area contributed by atoms with Crippen LogP contribution in [-0.2, 0) is 10.2 Å². The van der Waals surface area contributed by atoms with Gasteiger partial charge in [0.15, 0.2) is 5.82 Å². The second kappa shape index (κ2) is 9.55. The van der Waals surface area contributed by atoms with E-state index in [-0.39, 0.29) is 30.2 Å². The normalized spacial score (nSPS) is 12.3. The van der Waals surface area contributed by atoms with Crippen LogP contribution in [0.3, 0.4) is 0 Å². The molecule has 7 heteroatoms. The average Bonchev–Trinajstić information content (AvgIpc) is 3.18. The Morgan fingerprint density at radius 1 is 1.03 bits per heavy atom. The molecule has 0 spiro atoms. The number of aromatic amines is 1. The number of hydrogen-bond acceptors (Lipinski definition) is 4. The summed E-state index contributed by atoms with van der Waals surface area (Å²) in [5, 5.41) is 12.8. The average molecular weight is 420 g/mol. The van der Waals surface area contributed by atoms with Gasteiger partial charge in [-0.2, -0.15) is 5.10 Å². The van der Waals surface area contributed by atoms with Crippen LogP contribution >= 0.6 is 0 Å². The van der Waals surface area contributed by atoms with Crippen LogP contribution in [0.15, 0.2) is 54.6 Å². The van der Waals surface area contributed by atoms with Gasteiger partial charge in [0.2, 0.25) is 5.91 Å². The van der Waals surface area contributed by atoms with Crippen LogP contribution in [0.1, 0.15) is 66.4 Å². The zero-order chi connectivity index (χ0) is 22.4. The molecule has 1 aromatic heterocycles. The maximum absolute atomic E-state index is 12.6. The number of carbonyl (C=O) groups excluding carboxylic acids is 2. The summed E-state index contributed by atoms with van der Waals surface area (Å²) >= 11 is 0. The Kier molecular flexibility index (Phi) is 6.84. The van der Waals surface area contributed by atoms with E-state index in [2.05, 4.69) is 46.6 Å². The van der Waals surface area contributed by atoms with Crippen LogP contribution in [0, 0.1) is 6.92 Å². The molecule has 3 aromatic rings. The Balaban J connectivity index is 1.56. The molecule has 3 rings (SSSR count). The van der Waals surface area contributed by atoms with E-state index in [4.69, 9.17) is 0 Å². The third-order valence-corrected chi connectivity index (χ3v) is 4.96. The first kappa shape index (κ1) is 22.2. The van der Waals surface area contributed by atoms with Crippen molar-refractivity contribution in [1.29, 1.82) is 0 Å². The van der Waals surface area contributed by atoms with Crippen molar-refractivity contribution in [3.05, 3.63) is 82.9 Å². The fourth-order valence-corrected chi connectivity index (χ4v) is 3.18. The monoisotopic (exact) mass is 419 g/mol. The summed E-state index contributed by atoms with van der Waals surface area (Å²) in [6.07, 6.45) is 0.151. The van der Waals surface area contributed by atoms with E-state index in [0.717, 1.165) is 11.1 Å². The minimum Gasteiger partial charge on any atom is -0.352 e. The summed E-state index contributed by atoms with van der Waals surface area (Å²) in [5.41, 5.74) is 2.66. The molecular weight excluding hydrogens is 390 g/mol. The van der Waals surface area contributed by atoms with E-state index in [1.54, 1.807) is 0 Å². The highest BCUT2D eigenvalue weighted by Crippen LogP contribution is 2.22. The number of nitrogens with one attached hydrogen (secondary N) is 3. The van der Waals surface area contributed by atoms with Gasteiger partial charge in [0.25, 0.3) is 5.91 Å². The zero-order valence-electron chi connectivity index (χ0n) is 18.4. The van der Waals surface area contributed by atoms with Crippen LogP contribution in [-0.4, -0.2) is 33.5 Å². The lowest BCUT2D eigenvalue weighted by molar-refractivity contribution is -0.121. The summed E-state index contributed by atoms with van der Waals surface area (Å²) in [7, 11) is 0. The van der Waals surface area contributed by atoms with E-state index in [1.165, 1.54) is 0 Å². The molecule has 0 aliphatic rings. The van der Waals surface area contributed by atoms with Crippen molar-refractivity contribution < 1.29 is 9.59 Å².